The van der Waals surface area contributed by atoms with Crippen molar-refractivity contribution < 1.29 is 14.3 Å². The molecule has 2 unspecified atom stereocenters. The molecule has 1 amide bonds. The Morgan fingerprint density at radius 2 is 1.69 bits per heavy atom. The molecule has 6 heteroatoms. The first kappa shape index (κ1) is 20.7. The van der Waals surface area contributed by atoms with Gasteiger partial charge in [-0.05, 0) is 56.4 Å². The zero-order valence-electron chi connectivity index (χ0n) is 15.4. The van der Waals surface area contributed by atoms with Gasteiger partial charge in [-0.15, -0.1) is 12.4 Å². The van der Waals surface area contributed by atoms with Crippen LogP contribution in [0.3, 0.4) is 0 Å². The first-order valence-corrected chi connectivity index (χ1v) is 9.31. The molecule has 0 bridgehead atoms. The molecule has 0 aromatic heterocycles. The molecule has 1 aromatic rings. The Kier molecular flexibility index (Phi) is 7.47. The number of Topliss-reactive ketones (excluding diaryl/α,β-unsaturated/α-hetero) is 1. The van der Waals surface area contributed by atoms with Crippen LogP contribution in [0.15, 0.2) is 24.3 Å². The monoisotopic (exact) mass is 380 g/mol. The Labute approximate surface area is 161 Å². The maximum absolute atomic E-state index is 12.7. The standard InChI is InChI=1S/C20H28N2O3.ClH/c1-25-18-7-5-14(6-8-18)19(23)15-9-11-22(12-10-15)20(24)16-3-2-4-17(21)13-16;/h5-8,15-17H,2-4,9-13,21H2,1H3;1H. The highest BCUT2D eigenvalue weighted by molar-refractivity contribution is 5.98. The van der Waals surface area contributed by atoms with E-state index in [9.17, 15) is 9.59 Å². The molecule has 1 aliphatic carbocycles. The van der Waals surface area contributed by atoms with Crippen LogP contribution in [0.4, 0.5) is 0 Å². The lowest BCUT2D eigenvalue weighted by Gasteiger charge is -2.35. The summed E-state index contributed by atoms with van der Waals surface area (Å²) in [4.78, 5) is 27.3. The second-order valence-electron chi connectivity index (χ2n) is 7.32. The van der Waals surface area contributed by atoms with Gasteiger partial charge in [0.05, 0.1) is 7.11 Å². The number of methoxy groups -OCH3 is 1. The van der Waals surface area contributed by atoms with Crippen LogP contribution in [0.25, 0.3) is 0 Å². The molecule has 1 saturated carbocycles. The Morgan fingerprint density at radius 1 is 1.04 bits per heavy atom. The van der Waals surface area contributed by atoms with Gasteiger partial charge in [-0.1, -0.05) is 6.42 Å². The number of piperidine rings is 1. The Morgan fingerprint density at radius 3 is 2.27 bits per heavy atom. The molecule has 1 aliphatic heterocycles. The van der Waals surface area contributed by atoms with Crippen LogP contribution >= 0.6 is 12.4 Å². The number of rotatable bonds is 4. The summed E-state index contributed by atoms with van der Waals surface area (Å²) < 4.78 is 5.14. The van der Waals surface area contributed by atoms with E-state index in [0.29, 0.717) is 13.1 Å². The SMILES string of the molecule is COc1ccc(C(=O)C2CCN(C(=O)C3CCCC(N)C3)CC2)cc1.Cl. The van der Waals surface area contributed by atoms with Crippen molar-refractivity contribution in [2.75, 3.05) is 20.2 Å². The quantitative estimate of drug-likeness (QED) is 0.815. The Hall–Kier alpha value is -1.59. The molecule has 144 valence electrons. The molecule has 2 atom stereocenters. The number of ketones is 1. The van der Waals surface area contributed by atoms with Crippen LogP contribution in [0.5, 0.6) is 5.75 Å². The largest absolute Gasteiger partial charge is 0.497 e. The van der Waals surface area contributed by atoms with Gasteiger partial charge in [-0.2, -0.15) is 0 Å². The van der Waals surface area contributed by atoms with Gasteiger partial charge in [-0.3, -0.25) is 9.59 Å². The van der Waals surface area contributed by atoms with Crippen LogP contribution in [0, 0.1) is 11.8 Å². The number of ether oxygens (including phenoxy) is 1. The summed E-state index contributed by atoms with van der Waals surface area (Å²) in [6.45, 7) is 1.36. The predicted octanol–water partition coefficient (Wildman–Crippen LogP) is 3.06. The van der Waals surface area contributed by atoms with Crippen molar-refractivity contribution in [2.45, 2.75) is 44.6 Å². The summed E-state index contributed by atoms with van der Waals surface area (Å²) in [6, 6.07) is 7.44. The van der Waals surface area contributed by atoms with E-state index in [0.717, 1.165) is 49.8 Å². The maximum atomic E-state index is 12.7. The van der Waals surface area contributed by atoms with Gasteiger partial charge in [0, 0.05) is 36.5 Å². The molecular formula is C20H29ClN2O3. The fourth-order valence-electron chi connectivity index (χ4n) is 4.06. The maximum Gasteiger partial charge on any atom is 0.225 e. The van der Waals surface area contributed by atoms with Gasteiger partial charge in [0.1, 0.15) is 5.75 Å². The van der Waals surface area contributed by atoms with Crippen molar-refractivity contribution in [3.8, 4) is 5.75 Å². The lowest BCUT2D eigenvalue weighted by molar-refractivity contribution is -0.138. The number of carbonyl (C=O) groups is 2. The van der Waals surface area contributed by atoms with Crippen molar-refractivity contribution in [3.63, 3.8) is 0 Å². The molecule has 26 heavy (non-hydrogen) atoms. The number of hydrogen-bond donors (Lipinski definition) is 1. The molecule has 5 nitrogen and oxygen atoms in total. The van der Waals surface area contributed by atoms with Gasteiger partial charge in [0.15, 0.2) is 5.78 Å². The fourth-order valence-corrected chi connectivity index (χ4v) is 4.06. The minimum absolute atomic E-state index is 0. The third-order valence-electron chi connectivity index (χ3n) is 5.62. The summed E-state index contributed by atoms with van der Waals surface area (Å²) >= 11 is 0. The Balaban J connectivity index is 0.00000243. The number of likely N-dealkylation sites (tertiary alicyclic amines) is 1. The highest BCUT2D eigenvalue weighted by atomic mass is 35.5. The average Bonchev–Trinajstić information content (AvgIpc) is 2.67. The Bertz CT molecular complexity index is 612. The van der Waals surface area contributed by atoms with Gasteiger partial charge in [0.2, 0.25) is 5.91 Å². The van der Waals surface area contributed by atoms with E-state index >= 15 is 0 Å². The summed E-state index contributed by atoms with van der Waals surface area (Å²) in [6.07, 6.45) is 5.33. The van der Waals surface area contributed by atoms with Crippen LogP contribution in [0.2, 0.25) is 0 Å². The number of carbonyl (C=O) groups excluding carboxylic acids is 2. The molecule has 1 saturated heterocycles. The van der Waals surface area contributed by atoms with Crippen LogP contribution < -0.4 is 10.5 Å². The smallest absolute Gasteiger partial charge is 0.225 e. The normalized spacial score (nSPS) is 23.8. The van der Waals surface area contributed by atoms with Crippen LogP contribution in [-0.2, 0) is 4.79 Å². The lowest BCUT2D eigenvalue weighted by Crippen LogP contribution is -2.45. The van der Waals surface area contributed by atoms with Crippen LogP contribution in [-0.4, -0.2) is 42.8 Å². The molecule has 2 fully saturated rings. The zero-order chi connectivity index (χ0) is 17.8. The predicted molar refractivity (Wildman–Crippen MR) is 104 cm³/mol. The van der Waals surface area contributed by atoms with Crippen molar-refractivity contribution in [1.82, 2.24) is 4.90 Å². The van der Waals surface area contributed by atoms with Crippen molar-refractivity contribution in [3.05, 3.63) is 29.8 Å². The average molecular weight is 381 g/mol. The third kappa shape index (κ3) is 4.77. The summed E-state index contributed by atoms with van der Waals surface area (Å²) in [5.74, 6) is 1.26. The number of hydrogen-bond acceptors (Lipinski definition) is 4. The topological polar surface area (TPSA) is 72.6 Å². The van der Waals surface area contributed by atoms with Gasteiger partial charge in [-0.25, -0.2) is 0 Å². The van der Waals surface area contributed by atoms with Gasteiger partial charge >= 0.3 is 0 Å². The fraction of sp³-hybridized carbons (Fsp3) is 0.600. The number of benzene rings is 1. The second-order valence-corrected chi connectivity index (χ2v) is 7.32. The van der Waals surface area contributed by atoms with Gasteiger partial charge in [0.25, 0.3) is 0 Å². The number of nitrogens with two attached hydrogens (primary N) is 1. The van der Waals surface area contributed by atoms with E-state index in [2.05, 4.69) is 0 Å². The number of nitrogens with zero attached hydrogens (tertiary/aromatic N) is 1. The van der Waals surface area contributed by atoms with Crippen molar-refractivity contribution >= 4 is 24.1 Å². The highest BCUT2D eigenvalue weighted by Gasteiger charge is 2.33. The first-order valence-electron chi connectivity index (χ1n) is 9.31. The molecule has 1 heterocycles. The van der Waals surface area contributed by atoms with E-state index in [1.54, 1.807) is 7.11 Å². The summed E-state index contributed by atoms with van der Waals surface area (Å²) in [7, 11) is 1.61. The minimum Gasteiger partial charge on any atom is -0.497 e. The molecule has 3 rings (SSSR count). The summed E-state index contributed by atoms with van der Waals surface area (Å²) in [5.41, 5.74) is 6.74. The molecule has 2 N–H and O–H groups in total. The lowest BCUT2D eigenvalue weighted by atomic mass is 9.84. The van der Waals surface area contributed by atoms with E-state index in [1.165, 1.54) is 0 Å². The van der Waals surface area contributed by atoms with E-state index in [4.69, 9.17) is 10.5 Å². The highest BCUT2D eigenvalue weighted by Crippen LogP contribution is 2.28. The second kappa shape index (κ2) is 9.38. The van der Waals surface area contributed by atoms with Crippen molar-refractivity contribution in [1.29, 1.82) is 0 Å². The van der Waals surface area contributed by atoms with E-state index in [1.807, 2.05) is 29.2 Å². The van der Waals surface area contributed by atoms with Crippen molar-refractivity contribution in [2.24, 2.45) is 17.6 Å². The molecular weight excluding hydrogens is 352 g/mol. The van der Waals surface area contributed by atoms with E-state index < -0.39 is 0 Å². The first-order chi connectivity index (χ1) is 12.1. The molecule has 1 aromatic carbocycles. The molecule has 2 aliphatic rings. The molecule has 0 spiro atoms. The minimum atomic E-state index is 0. The zero-order valence-corrected chi connectivity index (χ0v) is 16.2. The summed E-state index contributed by atoms with van der Waals surface area (Å²) in [5, 5.41) is 0. The number of halogens is 1. The van der Waals surface area contributed by atoms with Crippen LogP contribution in [0.1, 0.15) is 48.9 Å². The third-order valence-corrected chi connectivity index (χ3v) is 5.62. The van der Waals surface area contributed by atoms with Gasteiger partial charge < -0.3 is 15.4 Å². The van der Waals surface area contributed by atoms with E-state index in [-0.39, 0.29) is 42.0 Å². The number of amides is 1. The molecule has 0 radical (unpaired) electrons.